The van der Waals surface area contributed by atoms with E-state index in [9.17, 15) is 19.1 Å². The minimum atomic E-state index is -0.421. The zero-order valence-electron chi connectivity index (χ0n) is 28.1. The largest absolute Gasteiger partial charge is 0.508 e. The number of rotatable bonds is 7. The number of piperazine rings is 1. The van der Waals surface area contributed by atoms with Crippen LogP contribution in [0.4, 0.5) is 15.8 Å². The Hall–Kier alpha value is -4.96. The predicted octanol–water partition coefficient (Wildman–Crippen LogP) is 7.08. The molecular formula is C40H39ClFN5O3. The molecule has 10 heteroatoms. The summed E-state index contributed by atoms with van der Waals surface area (Å²) in [7, 11) is 2.14. The van der Waals surface area contributed by atoms with E-state index in [0.29, 0.717) is 39.8 Å². The molecule has 0 unspecified atom stereocenters. The highest BCUT2D eigenvalue weighted by molar-refractivity contribution is 6.31. The van der Waals surface area contributed by atoms with Crippen LogP contribution in [0.3, 0.4) is 0 Å². The van der Waals surface area contributed by atoms with Crippen LogP contribution >= 0.6 is 11.6 Å². The summed E-state index contributed by atoms with van der Waals surface area (Å²) >= 11 is 6.58. The molecule has 1 atom stereocenters. The summed E-state index contributed by atoms with van der Waals surface area (Å²) in [6, 6.07) is 27.3. The number of carbonyl (C=O) groups excluding carboxylic acids is 2. The van der Waals surface area contributed by atoms with Gasteiger partial charge in [-0.25, -0.2) is 4.39 Å². The van der Waals surface area contributed by atoms with Gasteiger partial charge in [0.15, 0.2) is 0 Å². The number of anilines is 2. The first-order chi connectivity index (χ1) is 24.1. The average molecular weight is 692 g/mol. The fourth-order valence-electron chi connectivity index (χ4n) is 7.01. The van der Waals surface area contributed by atoms with Crippen molar-refractivity contribution in [2.24, 2.45) is 0 Å². The maximum atomic E-state index is 14.7. The van der Waals surface area contributed by atoms with Crippen molar-refractivity contribution in [3.05, 3.63) is 142 Å². The number of hydrogen-bond acceptors (Lipinski definition) is 5. The van der Waals surface area contributed by atoms with Gasteiger partial charge in [-0.3, -0.25) is 19.4 Å². The first kappa shape index (κ1) is 33.5. The number of phenols is 1. The smallest absolute Gasteiger partial charge is 0.264 e. The zero-order chi connectivity index (χ0) is 34.9. The first-order valence-corrected chi connectivity index (χ1v) is 17.2. The number of carbonyl (C=O) groups is 2. The molecule has 1 fully saturated rings. The number of nitrogens with zero attached hydrogens (tertiary/aromatic N) is 5. The van der Waals surface area contributed by atoms with E-state index in [-0.39, 0.29) is 23.6 Å². The summed E-state index contributed by atoms with van der Waals surface area (Å²) in [5, 5.41) is 10.4. The molecule has 7 rings (SSSR count). The summed E-state index contributed by atoms with van der Waals surface area (Å²) in [4.78, 5) is 37.2. The number of fused-ring (bicyclic) bond motifs is 1. The second kappa shape index (κ2) is 14.1. The fourth-order valence-corrected chi connectivity index (χ4v) is 7.18. The molecule has 3 heterocycles. The quantitative estimate of drug-likeness (QED) is 0.198. The topological polar surface area (TPSA) is 72.3 Å². The van der Waals surface area contributed by atoms with Crippen LogP contribution in [0.1, 0.15) is 37.5 Å². The molecule has 8 nitrogen and oxygen atoms in total. The number of aromatic hydroxyl groups is 1. The summed E-state index contributed by atoms with van der Waals surface area (Å²) < 4.78 is 15.7. The van der Waals surface area contributed by atoms with Crippen molar-refractivity contribution < 1.29 is 19.1 Å². The molecule has 0 spiro atoms. The summed E-state index contributed by atoms with van der Waals surface area (Å²) in [6.45, 7) is 7.08. The normalized spacial score (nSPS) is 16.6. The second-order valence-corrected chi connectivity index (χ2v) is 13.6. The molecule has 1 N–H and O–H groups in total. The van der Waals surface area contributed by atoms with Crippen LogP contribution < -0.4 is 4.90 Å². The zero-order valence-corrected chi connectivity index (χ0v) is 28.9. The van der Waals surface area contributed by atoms with Crippen molar-refractivity contribution in [3.8, 4) is 11.4 Å². The van der Waals surface area contributed by atoms with E-state index >= 15 is 0 Å². The minimum Gasteiger partial charge on any atom is -0.508 e. The number of aryl methyl sites for hydroxylation is 1. The maximum Gasteiger partial charge on any atom is 0.264 e. The van der Waals surface area contributed by atoms with Gasteiger partial charge in [0, 0.05) is 73.6 Å². The number of benzene rings is 4. The summed E-state index contributed by atoms with van der Waals surface area (Å²) in [5.41, 5.74) is 5.54. The highest BCUT2D eigenvalue weighted by Crippen LogP contribution is 2.33. The lowest BCUT2D eigenvalue weighted by Gasteiger charge is -2.41. The van der Waals surface area contributed by atoms with Crippen molar-refractivity contribution in [1.29, 1.82) is 0 Å². The average Bonchev–Trinajstić information content (AvgIpc) is 3.51. The predicted molar refractivity (Wildman–Crippen MR) is 194 cm³/mol. The second-order valence-electron chi connectivity index (χ2n) is 13.2. The van der Waals surface area contributed by atoms with Crippen LogP contribution in [-0.4, -0.2) is 82.0 Å². The third-order valence-electron chi connectivity index (χ3n) is 9.79. The molecule has 0 aliphatic carbocycles. The Morgan fingerprint density at radius 1 is 0.880 bits per heavy atom. The van der Waals surface area contributed by atoms with E-state index in [1.807, 2.05) is 22.5 Å². The van der Waals surface area contributed by atoms with Crippen LogP contribution in [0.2, 0.25) is 5.02 Å². The van der Waals surface area contributed by atoms with Crippen LogP contribution in [-0.2, 0) is 13.0 Å². The Bertz CT molecular complexity index is 1980. The number of phenolic OH excluding ortho intramolecular Hbond substituents is 1. The van der Waals surface area contributed by atoms with E-state index < -0.39 is 5.82 Å². The van der Waals surface area contributed by atoms with Gasteiger partial charge < -0.3 is 19.5 Å². The number of likely N-dealkylation sites (N-methyl/N-ethyl adjacent to an activating group) is 1. The summed E-state index contributed by atoms with van der Waals surface area (Å²) in [6.07, 6.45) is 2.49. The third kappa shape index (κ3) is 6.89. The molecule has 0 saturated carbocycles. The van der Waals surface area contributed by atoms with Crippen molar-refractivity contribution >= 4 is 34.8 Å². The molecule has 50 heavy (non-hydrogen) atoms. The van der Waals surface area contributed by atoms with E-state index in [1.54, 1.807) is 42.6 Å². The Morgan fingerprint density at radius 2 is 1.54 bits per heavy atom. The van der Waals surface area contributed by atoms with Gasteiger partial charge in [-0.15, -0.1) is 0 Å². The molecule has 256 valence electrons. The van der Waals surface area contributed by atoms with Gasteiger partial charge >= 0.3 is 0 Å². The van der Waals surface area contributed by atoms with Gasteiger partial charge in [0.05, 0.1) is 16.8 Å². The lowest BCUT2D eigenvalue weighted by Crippen LogP contribution is -2.53. The maximum absolute atomic E-state index is 14.7. The first-order valence-electron chi connectivity index (χ1n) is 16.8. The summed E-state index contributed by atoms with van der Waals surface area (Å²) in [5.74, 6) is -0.819. The molecule has 2 amide bonds. The fraction of sp³-hybridized carbons (Fsp3) is 0.250. The van der Waals surface area contributed by atoms with Crippen LogP contribution in [0.25, 0.3) is 5.69 Å². The Labute approximate surface area is 296 Å². The SMILES string of the molecule is Cc1cc(C(=O)N(c2ccc(O)cc2)c2ccc(F)cc2)cn1-c1cc(Cl)ccc1C(=O)N1Cc2ccccc2C[C@H]1CN1CCN(C)CC1. The number of aromatic nitrogens is 1. The number of amides is 2. The molecule has 1 aromatic heterocycles. The molecule has 0 bridgehead atoms. The highest BCUT2D eigenvalue weighted by Gasteiger charge is 2.34. The van der Waals surface area contributed by atoms with Gasteiger partial charge in [0.2, 0.25) is 0 Å². The van der Waals surface area contributed by atoms with Gasteiger partial charge in [-0.1, -0.05) is 35.9 Å². The van der Waals surface area contributed by atoms with Gasteiger partial charge in [0.25, 0.3) is 11.8 Å². The van der Waals surface area contributed by atoms with Crippen LogP contribution in [0, 0.1) is 12.7 Å². The van der Waals surface area contributed by atoms with E-state index in [2.05, 4.69) is 35.0 Å². The molecule has 1 saturated heterocycles. The van der Waals surface area contributed by atoms with Crippen LogP contribution in [0.5, 0.6) is 5.75 Å². The van der Waals surface area contributed by atoms with Gasteiger partial charge in [-0.2, -0.15) is 0 Å². The molecule has 0 radical (unpaired) electrons. The molecular weight excluding hydrogens is 653 g/mol. The standard InChI is InChI=1S/C40H39ClFN5O3/c1-27-21-30(39(49)47(33-10-8-32(42)9-11-33)34-12-14-36(48)15-13-34)25-45(27)38-23-31(41)7-16-37(38)40(50)46-24-29-6-4-3-5-28(29)22-35(46)26-44-19-17-43(2)18-20-44/h3-16,21,23,25,35,48H,17-20,22,24,26H2,1-2H3/t35-/m0/s1. The molecule has 2 aliphatic rings. The van der Waals surface area contributed by atoms with Gasteiger partial charge in [-0.05, 0) is 104 Å². The highest BCUT2D eigenvalue weighted by atomic mass is 35.5. The monoisotopic (exact) mass is 691 g/mol. The van der Waals surface area contributed by atoms with E-state index in [4.69, 9.17) is 11.6 Å². The Balaban J connectivity index is 1.24. The number of hydrogen-bond donors (Lipinski definition) is 1. The van der Waals surface area contributed by atoms with Gasteiger partial charge in [0.1, 0.15) is 11.6 Å². The van der Waals surface area contributed by atoms with Crippen molar-refractivity contribution in [2.45, 2.75) is 25.9 Å². The van der Waals surface area contributed by atoms with Crippen molar-refractivity contribution in [1.82, 2.24) is 19.3 Å². The minimum absolute atomic E-state index is 0.0122. The molecule has 4 aromatic carbocycles. The third-order valence-corrected chi connectivity index (χ3v) is 10.0. The van der Waals surface area contributed by atoms with Crippen molar-refractivity contribution in [2.75, 3.05) is 44.7 Å². The Kier molecular flexibility index (Phi) is 9.46. The van der Waals surface area contributed by atoms with E-state index in [0.717, 1.165) is 50.4 Å². The lowest BCUT2D eigenvalue weighted by molar-refractivity contribution is 0.0535. The number of halogens is 2. The molecule has 5 aromatic rings. The molecule has 2 aliphatic heterocycles. The lowest BCUT2D eigenvalue weighted by atomic mass is 9.92. The van der Waals surface area contributed by atoms with Crippen molar-refractivity contribution in [3.63, 3.8) is 0 Å². The van der Waals surface area contributed by atoms with E-state index in [1.165, 1.54) is 46.9 Å². The van der Waals surface area contributed by atoms with Crippen LogP contribution in [0.15, 0.2) is 103 Å². The Morgan fingerprint density at radius 3 is 2.24 bits per heavy atom.